The summed E-state index contributed by atoms with van der Waals surface area (Å²) >= 11 is -2.95. The van der Waals surface area contributed by atoms with Crippen LogP contribution in [0.5, 0.6) is 0 Å². The van der Waals surface area contributed by atoms with E-state index in [4.69, 9.17) is 0 Å². The average molecular weight is 603 g/mol. The van der Waals surface area contributed by atoms with E-state index in [1.165, 1.54) is 62.6 Å². The number of hydrogen-bond donors (Lipinski definition) is 0. The van der Waals surface area contributed by atoms with E-state index in [9.17, 15) is 0 Å². The van der Waals surface area contributed by atoms with Gasteiger partial charge in [0.15, 0.2) is 0 Å². The van der Waals surface area contributed by atoms with E-state index in [1.807, 2.05) is 5.57 Å². The molecule has 4 aromatic rings. The molecule has 2 aliphatic rings. The molecule has 6 rings (SSSR count). The summed E-state index contributed by atoms with van der Waals surface area (Å²) in [7, 11) is -1.72. The van der Waals surface area contributed by atoms with Gasteiger partial charge in [0, 0.05) is 0 Å². The zero-order chi connectivity index (χ0) is 29.0. The van der Waals surface area contributed by atoms with Crippen LogP contribution in [0.25, 0.3) is 0 Å². The minimum absolute atomic E-state index is 0.177. The molecule has 1 unspecified atom stereocenters. The first-order valence-electron chi connectivity index (χ1n) is 16.0. The average Bonchev–Trinajstić information content (AvgIpc) is 3.31. The predicted molar refractivity (Wildman–Crippen MR) is 181 cm³/mol. The van der Waals surface area contributed by atoms with Gasteiger partial charge in [0.25, 0.3) is 0 Å². The van der Waals surface area contributed by atoms with Gasteiger partial charge in [-0.1, -0.05) is 0 Å². The normalized spacial score (nSPS) is 19.0. The van der Waals surface area contributed by atoms with Crippen molar-refractivity contribution in [1.82, 2.24) is 0 Å². The Labute approximate surface area is 259 Å². The van der Waals surface area contributed by atoms with Crippen LogP contribution in [-0.2, 0) is 30.8 Å². The van der Waals surface area contributed by atoms with Crippen LogP contribution in [0.15, 0.2) is 144 Å². The quantitative estimate of drug-likeness (QED) is 0.158. The molecule has 0 fully saturated rings. The van der Waals surface area contributed by atoms with Crippen molar-refractivity contribution in [2.75, 3.05) is 0 Å². The predicted octanol–water partition coefficient (Wildman–Crippen LogP) is 10.3. The molecule has 0 N–H and O–H groups in total. The Balaban J connectivity index is 1.56. The van der Waals surface area contributed by atoms with E-state index in [1.54, 1.807) is 16.3 Å². The van der Waals surface area contributed by atoms with Gasteiger partial charge in [-0.05, 0) is 0 Å². The molecule has 214 valence electrons. The Morgan fingerprint density at radius 1 is 0.595 bits per heavy atom. The van der Waals surface area contributed by atoms with Gasteiger partial charge in [0.05, 0.1) is 0 Å². The van der Waals surface area contributed by atoms with Crippen LogP contribution in [-0.4, -0.2) is 8.07 Å². The van der Waals surface area contributed by atoms with Gasteiger partial charge < -0.3 is 0 Å². The van der Waals surface area contributed by atoms with E-state index in [2.05, 4.69) is 147 Å². The third-order valence-corrected chi connectivity index (χ3v) is 23.0. The molecule has 0 heterocycles. The fourth-order valence-corrected chi connectivity index (χ4v) is 21.0. The molecule has 0 bridgehead atoms. The molecular formula is C40H46SiTi. The molecule has 0 aliphatic heterocycles. The summed E-state index contributed by atoms with van der Waals surface area (Å²) in [6, 6.07) is 47.3. The fraction of sp³-hybridized carbons (Fsp3) is 0.300. The second kappa shape index (κ2) is 12.5. The van der Waals surface area contributed by atoms with Gasteiger partial charge in [-0.3, -0.25) is 0 Å². The molecule has 0 radical (unpaired) electrons. The van der Waals surface area contributed by atoms with Crippen LogP contribution < -0.4 is 5.19 Å². The molecular weight excluding hydrogens is 556 g/mol. The van der Waals surface area contributed by atoms with E-state index in [-0.39, 0.29) is 3.72 Å². The van der Waals surface area contributed by atoms with Crippen LogP contribution in [0.1, 0.15) is 49.3 Å². The van der Waals surface area contributed by atoms with Crippen LogP contribution in [0.4, 0.5) is 0 Å². The van der Waals surface area contributed by atoms with Crippen molar-refractivity contribution in [2.45, 2.75) is 69.6 Å². The second-order valence-corrected chi connectivity index (χ2v) is 25.6. The van der Waals surface area contributed by atoms with Gasteiger partial charge in [-0.2, -0.15) is 0 Å². The topological polar surface area (TPSA) is 0 Å². The van der Waals surface area contributed by atoms with E-state index >= 15 is 0 Å². The number of benzene rings is 4. The van der Waals surface area contributed by atoms with Crippen molar-refractivity contribution in [2.24, 2.45) is 0 Å². The first kappa shape index (κ1) is 29.4. The molecule has 0 amide bonds. The number of hydrogen-bond acceptors (Lipinski definition) is 0. The molecule has 42 heavy (non-hydrogen) atoms. The monoisotopic (exact) mass is 602 g/mol. The van der Waals surface area contributed by atoms with Crippen molar-refractivity contribution in [3.63, 3.8) is 0 Å². The Kier molecular flexibility index (Phi) is 8.73. The summed E-state index contributed by atoms with van der Waals surface area (Å²) in [5, 5.41) is 1.59. The summed E-state index contributed by atoms with van der Waals surface area (Å²) in [5.41, 5.74) is 9.95. The molecule has 0 saturated heterocycles. The molecule has 2 aliphatic carbocycles. The van der Waals surface area contributed by atoms with E-state index < -0.39 is 24.7 Å². The standard InChI is InChI=1S/C19H25Si.3C7H7.Ti/c1-15-17(13-16-9-7-8-12-19(15)16)14-20(2,3)18-10-5-4-6-11-18;3*1-7-5-3-2-4-6-7;/h4-6,10-11,13H,7-9,12,14H2,1-3H3;3*2-6H,1H2;. The first-order valence-corrected chi connectivity index (χ1v) is 23.3. The number of rotatable bonds is 10. The third kappa shape index (κ3) is 5.89. The molecule has 2 heteroatoms. The zero-order valence-electron chi connectivity index (χ0n) is 25.8. The van der Waals surface area contributed by atoms with Gasteiger partial charge in [0.1, 0.15) is 0 Å². The van der Waals surface area contributed by atoms with Gasteiger partial charge in [-0.15, -0.1) is 0 Å². The van der Waals surface area contributed by atoms with Crippen molar-refractivity contribution in [1.29, 1.82) is 0 Å². The summed E-state index contributed by atoms with van der Waals surface area (Å²) in [5.74, 6) is 0. The van der Waals surface area contributed by atoms with Gasteiger partial charge >= 0.3 is 260 Å². The Morgan fingerprint density at radius 3 is 1.50 bits per heavy atom. The molecule has 0 saturated carbocycles. The Hall–Kier alpha value is -2.71. The van der Waals surface area contributed by atoms with Gasteiger partial charge in [-0.25, -0.2) is 0 Å². The molecule has 0 aromatic heterocycles. The van der Waals surface area contributed by atoms with Crippen LogP contribution in [0.3, 0.4) is 0 Å². The van der Waals surface area contributed by atoms with Crippen LogP contribution in [0.2, 0.25) is 22.9 Å². The summed E-state index contributed by atoms with van der Waals surface area (Å²) in [4.78, 5) is 0. The summed E-state index contributed by atoms with van der Waals surface area (Å²) in [6.45, 7) is 7.99. The zero-order valence-corrected chi connectivity index (χ0v) is 28.3. The maximum absolute atomic E-state index is 2.95. The minimum atomic E-state index is -2.95. The van der Waals surface area contributed by atoms with Crippen LogP contribution >= 0.6 is 0 Å². The summed E-state index contributed by atoms with van der Waals surface area (Å²) in [6.07, 6.45) is 7.99. The molecule has 4 aromatic carbocycles. The maximum atomic E-state index is 2.76. The van der Waals surface area contributed by atoms with Crippen molar-refractivity contribution in [3.8, 4) is 0 Å². The number of allylic oxidation sites excluding steroid dienone is 4. The van der Waals surface area contributed by atoms with Crippen LogP contribution in [0, 0.1) is 0 Å². The SMILES string of the molecule is C[C]1([Ti]([CH2]c2ccccc2)([CH2]c2ccccc2)[CH2]c2ccccc2)C(C[Si](C)(C)c2ccccc2)=CC2=C1CCCC2. The van der Waals surface area contributed by atoms with Crippen molar-refractivity contribution in [3.05, 3.63) is 161 Å². The van der Waals surface area contributed by atoms with Gasteiger partial charge in [0.2, 0.25) is 0 Å². The molecule has 0 spiro atoms. The van der Waals surface area contributed by atoms with Crippen molar-refractivity contribution >= 4 is 13.3 Å². The third-order valence-electron chi connectivity index (χ3n) is 10.5. The molecule has 1 atom stereocenters. The Morgan fingerprint density at radius 2 is 1.02 bits per heavy atom. The Bertz CT molecular complexity index is 1440. The fourth-order valence-electron chi connectivity index (χ4n) is 8.24. The second-order valence-electron chi connectivity index (χ2n) is 13.7. The molecule has 0 nitrogen and oxygen atoms in total. The van der Waals surface area contributed by atoms with E-state index in [0.717, 1.165) is 0 Å². The van der Waals surface area contributed by atoms with E-state index in [0.29, 0.717) is 0 Å². The first-order chi connectivity index (χ1) is 20.4. The van der Waals surface area contributed by atoms with Crippen molar-refractivity contribution < 1.29 is 16.6 Å². The summed E-state index contributed by atoms with van der Waals surface area (Å²) < 4.78 is 3.93.